The molecule has 5 heterocycles. The lowest BCUT2D eigenvalue weighted by Gasteiger charge is -2.32. The maximum Gasteiger partial charge on any atom is 0.290 e. The smallest absolute Gasteiger partial charge is 0.290 e. The van der Waals surface area contributed by atoms with Crippen LogP contribution >= 0.6 is 11.8 Å². The molecular formula is C30H29N7O3S. The topological polar surface area (TPSA) is 122 Å². The molecule has 2 fully saturated rings. The van der Waals surface area contributed by atoms with Crippen molar-refractivity contribution in [3.8, 4) is 17.0 Å². The molecule has 3 aromatic heterocycles. The van der Waals surface area contributed by atoms with Gasteiger partial charge >= 0.3 is 0 Å². The molecule has 2 N–H and O–H groups in total. The average molecular weight is 568 g/mol. The molecule has 0 saturated carbocycles. The van der Waals surface area contributed by atoms with Gasteiger partial charge in [-0.1, -0.05) is 18.2 Å². The number of pyridine rings is 2. The number of carbonyl (C=O) groups is 2. The highest BCUT2D eigenvalue weighted by Gasteiger charge is 2.26. The van der Waals surface area contributed by atoms with Crippen LogP contribution in [0.15, 0.2) is 65.8 Å². The lowest BCUT2D eigenvalue weighted by atomic mass is 9.97. The zero-order valence-electron chi connectivity index (χ0n) is 22.5. The summed E-state index contributed by atoms with van der Waals surface area (Å²) in [4.78, 5) is 44.3. The Bertz CT molecular complexity index is 1630. The molecule has 0 atom stereocenters. The fourth-order valence-corrected chi connectivity index (χ4v) is 5.82. The molecule has 2 aliphatic rings. The lowest BCUT2D eigenvalue weighted by molar-refractivity contribution is -0.115. The highest BCUT2D eigenvalue weighted by atomic mass is 32.2. The third kappa shape index (κ3) is 6.06. The van der Waals surface area contributed by atoms with Gasteiger partial charge < -0.3 is 15.0 Å². The number of benzene rings is 1. The number of hydrogen-bond donors (Lipinski definition) is 2. The normalized spacial score (nSPS) is 16.9. The maximum atomic E-state index is 11.9. The van der Waals surface area contributed by atoms with Crippen LogP contribution in [-0.2, 0) is 11.3 Å². The van der Waals surface area contributed by atoms with Crippen molar-refractivity contribution in [3.05, 3.63) is 77.2 Å². The van der Waals surface area contributed by atoms with Crippen molar-refractivity contribution >= 4 is 45.8 Å². The number of hydrogen-bond acceptors (Lipinski definition) is 10. The van der Waals surface area contributed by atoms with E-state index in [2.05, 4.69) is 36.6 Å². The van der Waals surface area contributed by atoms with Gasteiger partial charge in [0.2, 0.25) is 5.95 Å². The molecule has 11 heteroatoms. The first-order valence-corrected chi connectivity index (χ1v) is 14.3. The largest absolute Gasteiger partial charge is 0.495 e. The Hall–Kier alpha value is -4.35. The van der Waals surface area contributed by atoms with E-state index >= 15 is 0 Å². The second-order valence-electron chi connectivity index (χ2n) is 9.92. The van der Waals surface area contributed by atoms with Crippen LogP contribution in [0.3, 0.4) is 0 Å². The van der Waals surface area contributed by atoms with E-state index in [1.165, 1.54) is 0 Å². The second-order valence-corrected chi connectivity index (χ2v) is 10.9. The number of fused-ring (bicyclic) bond motifs is 1. The van der Waals surface area contributed by atoms with Crippen LogP contribution in [0.2, 0.25) is 0 Å². The quantitative estimate of drug-likeness (QED) is 0.296. The van der Waals surface area contributed by atoms with Crippen LogP contribution in [0, 0.1) is 5.92 Å². The SMILES string of the molecule is COc1ccc(-c2ccnc3ccccc23)nc1CNCC1CCN(c2nccc(C=C3SC(=O)NC3=O)n2)CC1. The number of nitrogens with zero attached hydrogens (tertiary/aromatic N) is 5. The average Bonchev–Trinajstić information content (AvgIpc) is 3.33. The first-order valence-electron chi connectivity index (χ1n) is 13.5. The number of methoxy groups -OCH3 is 1. The van der Waals surface area contributed by atoms with Crippen molar-refractivity contribution in [1.82, 2.24) is 30.6 Å². The molecule has 4 aromatic rings. The Morgan fingerprint density at radius 1 is 1.05 bits per heavy atom. The predicted octanol–water partition coefficient (Wildman–Crippen LogP) is 4.43. The zero-order chi connectivity index (χ0) is 28.2. The van der Waals surface area contributed by atoms with E-state index < -0.39 is 0 Å². The van der Waals surface area contributed by atoms with Gasteiger partial charge in [-0.25, -0.2) is 15.0 Å². The van der Waals surface area contributed by atoms with E-state index in [1.54, 1.807) is 25.4 Å². The molecule has 0 radical (unpaired) electrons. The number of aromatic nitrogens is 4. The molecule has 0 unspecified atom stereocenters. The minimum atomic E-state index is -0.390. The minimum absolute atomic E-state index is 0.343. The van der Waals surface area contributed by atoms with Crippen LogP contribution in [0.1, 0.15) is 24.2 Å². The standard InChI is InChI=1S/C30H29N7O3S/c1-40-26-7-6-24(22-9-13-32-23-5-3-2-4-21(22)23)35-25(26)18-31-17-19-10-14-37(15-11-19)29-33-12-8-20(34-29)16-27-28(38)36-30(39)41-27/h2-9,12-13,16,19,31H,10-11,14-15,17-18H2,1H3,(H,36,38,39). The highest BCUT2D eigenvalue weighted by Crippen LogP contribution is 2.29. The highest BCUT2D eigenvalue weighted by molar-refractivity contribution is 8.18. The van der Waals surface area contributed by atoms with Gasteiger partial charge in [-0.05, 0) is 73.5 Å². The van der Waals surface area contributed by atoms with Gasteiger partial charge in [-0.2, -0.15) is 0 Å². The zero-order valence-corrected chi connectivity index (χ0v) is 23.4. The van der Waals surface area contributed by atoms with Crippen molar-refractivity contribution in [2.24, 2.45) is 5.92 Å². The number of ether oxygens (including phenoxy) is 1. The van der Waals surface area contributed by atoms with Gasteiger partial charge in [0, 0.05) is 43.0 Å². The minimum Gasteiger partial charge on any atom is -0.495 e. The van der Waals surface area contributed by atoms with Crippen LogP contribution in [0.4, 0.5) is 10.7 Å². The number of anilines is 1. The summed E-state index contributed by atoms with van der Waals surface area (Å²) in [7, 11) is 1.67. The van der Waals surface area contributed by atoms with Crippen LogP contribution in [0.5, 0.6) is 5.75 Å². The Morgan fingerprint density at radius 2 is 1.88 bits per heavy atom. The number of thioether (sulfide) groups is 1. The number of rotatable bonds is 8. The molecule has 2 saturated heterocycles. The van der Waals surface area contributed by atoms with E-state index in [4.69, 9.17) is 9.72 Å². The summed E-state index contributed by atoms with van der Waals surface area (Å²) in [5.74, 6) is 1.52. The maximum absolute atomic E-state index is 11.9. The van der Waals surface area contributed by atoms with Crippen molar-refractivity contribution in [2.75, 3.05) is 31.6 Å². The third-order valence-corrected chi connectivity index (χ3v) is 8.10. The summed E-state index contributed by atoms with van der Waals surface area (Å²) >= 11 is 0.884. The third-order valence-electron chi connectivity index (χ3n) is 7.29. The Labute approximate surface area is 241 Å². The summed E-state index contributed by atoms with van der Waals surface area (Å²) in [6.07, 6.45) is 7.14. The molecular weight excluding hydrogens is 538 g/mol. The molecule has 0 aliphatic carbocycles. The summed E-state index contributed by atoms with van der Waals surface area (Å²) in [6.45, 7) is 3.15. The molecule has 0 bridgehead atoms. The second kappa shape index (κ2) is 12.0. The molecule has 2 amide bonds. The number of carbonyl (C=O) groups excluding carboxylic acids is 2. The Balaban J connectivity index is 1.06. The van der Waals surface area contributed by atoms with E-state index in [9.17, 15) is 9.59 Å². The molecule has 10 nitrogen and oxygen atoms in total. The van der Waals surface area contributed by atoms with E-state index in [-0.39, 0.29) is 11.1 Å². The summed E-state index contributed by atoms with van der Waals surface area (Å²) in [6, 6.07) is 15.8. The van der Waals surface area contributed by atoms with E-state index in [0.717, 1.165) is 77.8 Å². The molecule has 2 aliphatic heterocycles. The van der Waals surface area contributed by atoms with Gasteiger partial charge in [0.1, 0.15) is 5.75 Å². The Morgan fingerprint density at radius 3 is 2.68 bits per heavy atom. The van der Waals surface area contributed by atoms with Gasteiger partial charge in [0.05, 0.1) is 34.6 Å². The molecule has 1 aromatic carbocycles. The predicted molar refractivity (Wildman–Crippen MR) is 159 cm³/mol. The van der Waals surface area contributed by atoms with Gasteiger partial charge in [-0.3, -0.25) is 19.9 Å². The van der Waals surface area contributed by atoms with Crippen molar-refractivity contribution in [2.45, 2.75) is 19.4 Å². The van der Waals surface area contributed by atoms with Gasteiger partial charge in [0.25, 0.3) is 11.1 Å². The lowest BCUT2D eigenvalue weighted by Crippen LogP contribution is -2.38. The van der Waals surface area contributed by atoms with Gasteiger partial charge in [0.15, 0.2) is 0 Å². The van der Waals surface area contributed by atoms with E-state index in [1.807, 2.05) is 42.6 Å². The summed E-state index contributed by atoms with van der Waals surface area (Å²) in [5.41, 5.74) is 4.37. The number of imide groups is 1. The van der Waals surface area contributed by atoms with Gasteiger partial charge in [-0.15, -0.1) is 0 Å². The van der Waals surface area contributed by atoms with Crippen LogP contribution in [0.25, 0.3) is 28.2 Å². The van der Waals surface area contributed by atoms with Crippen molar-refractivity contribution < 1.29 is 14.3 Å². The summed E-state index contributed by atoms with van der Waals surface area (Å²) in [5, 5.41) is 6.56. The number of amides is 2. The fourth-order valence-electron chi connectivity index (χ4n) is 5.15. The molecule has 0 spiro atoms. The Kier molecular flexibility index (Phi) is 7.88. The number of piperidine rings is 1. The first-order chi connectivity index (χ1) is 20.1. The fraction of sp³-hybridized carbons (Fsp3) is 0.267. The number of para-hydroxylation sites is 1. The van der Waals surface area contributed by atoms with Crippen molar-refractivity contribution in [3.63, 3.8) is 0 Å². The molecule has 208 valence electrons. The summed E-state index contributed by atoms with van der Waals surface area (Å²) < 4.78 is 5.61. The molecule has 41 heavy (non-hydrogen) atoms. The first kappa shape index (κ1) is 26.9. The van der Waals surface area contributed by atoms with Crippen LogP contribution in [-0.4, -0.2) is 57.8 Å². The van der Waals surface area contributed by atoms with Crippen molar-refractivity contribution in [1.29, 1.82) is 0 Å². The number of nitrogens with one attached hydrogen (secondary N) is 2. The monoisotopic (exact) mass is 567 g/mol. The van der Waals surface area contributed by atoms with E-state index in [0.29, 0.717) is 29.0 Å². The van der Waals surface area contributed by atoms with Crippen LogP contribution < -0.4 is 20.3 Å². The molecule has 6 rings (SSSR count).